The van der Waals surface area contributed by atoms with Crippen molar-refractivity contribution in [3.8, 4) is 0 Å². The summed E-state index contributed by atoms with van der Waals surface area (Å²) in [6.45, 7) is 5.46. The molecule has 0 bridgehead atoms. The zero-order valence-electron chi connectivity index (χ0n) is 11.2. The zero-order valence-corrected chi connectivity index (χ0v) is 11.2. The summed E-state index contributed by atoms with van der Waals surface area (Å²) in [7, 11) is 0. The average Bonchev–Trinajstić information content (AvgIpc) is 2.84. The van der Waals surface area contributed by atoms with Gasteiger partial charge in [0.1, 0.15) is 12.0 Å². The maximum Gasteiger partial charge on any atom is 0.220 e. The second kappa shape index (κ2) is 7.87. The molecule has 3 N–H and O–H groups in total. The molecule has 0 saturated carbocycles. The molecule has 0 fully saturated rings. The lowest BCUT2D eigenvalue weighted by Gasteiger charge is -2.19. The summed E-state index contributed by atoms with van der Waals surface area (Å²) >= 11 is 0. The fraction of sp³-hybridized carbons (Fsp3) is 0.692. The quantitative estimate of drug-likeness (QED) is 0.738. The Balaban J connectivity index is 2.23. The van der Waals surface area contributed by atoms with E-state index in [1.807, 2.05) is 0 Å². The summed E-state index contributed by atoms with van der Waals surface area (Å²) in [5.74, 6) is 1.14. The lowest BCUT2D eigenvalue weighted by molar-refractivity contribution is -0.121. The van der Waals surface area contributed by atoms with Gasteiger partial charge in [-0.05, 0) is 31.2 Å². The van der Waals surface area contributed by atoms with Gasteiger partial charge in [-0.2, -0.15) is 0 Å². The predicted octanol–water partition coefficient (Wildman–Crippen LogP) is 1.69. The highest BCUT2D eigenvalue weighted by molar-refractivity contribution is 5.75. The Morgan fingerprint density at radius 3 is 2.83 bits per heavy atom. The molecule has 102 valence electrons. The molecular weight excluding hydrogens is 230 g/mol. The van der Waals surface area contributed by atoms with Crippen molar-refractivity contribution < 1.29 is 9.32 Å². The Bertz CT molecular complexity index is 336. The first kappa shape index (κ1) is 14.7. The van der Waals surface area contributed by atoms with Crippen LogP contribution in [0.25, 0.3) is 0 Å². The number of nitrogens with two attached hydrogens (primary N) is 1. The van der Waals surface area contributed by atoms with Crippen LogP contribution in [-0.4, -0.2) is 17.6 Å². The van der Waals surface area contributed by atoms with Gasteiger partial charge in [0.25, 0.3) is 0 Å². The molecule has 1 amide bonds. The molecule has 1 rings (SSSR count). The SMILES string of the molecule is CC(C)C(CCN)CCC(=O)NCc1ccon1. The van der Waals surface area contributed by atoms with E-state index >= 15 is 0 Å². The third-order valence-corrected chi connectivity index (χ3v) is 3.18. The zero-order chi connectivity index (χ0) is 13.4. The van der Waals surface area contributed by atoms with Crippen molar-refractivity contribution in [2.75, 3.05) is 6.54 Å². The Hall–Kier alpha value is -1.36. The highest BCUT2D eigenvalue weighted by Crippen LogP contribution is 2.20. The fourth-order valence-corrected chi connectivity index (χ4v) is 1.95. The normalized spacial score (nSPS) is 12.7. The van der Waals surface area contributed by atoms with Gasteiger partial charge in [0.15, 0.2) is 0 Å². The van der Waals surface area contributed by atoms with Gasteiger partial charge in [0.05, 0.1) is 6.54 Å². The molecule has 1 atom stereocenters. The monoisotopic (exact) mass is 253 g/mol. The highest BCUT2D eigenvalue weighted by Gasteiger charge is 2.14. The summed E-state index contributed by atoms with van der Waals surface area (Å²) < 4.78 is 4.69. The molecule has 0 aliphatic carbocycles. The highest BCUT2D eigenvalue weighted by atomic mass is 16.5. The van der Waals surface area contributed by atoms with E-state index < -0.39 is 0 Å². The van der Waals surface area contributed by atoms with Gasteiger partial charge in [-0.15, -0.1) is 0 Å². The van der Waals surface area contributed by atoms with Gasteiger partial charge >= 0.3 is 0 Å². The van der Waals surface area contributed by atoms with E-state index in [4.69, 9.17) is 10.3 Å². The van der Waals surface area contributed by atoms with E-state index in [1.165, 1.54) is 6.26 Å². The number of nitrogens with one attached hydrogen (secondary N) is 1. The Labute approximate surface area is 108 Å². The number of hydrogen-bond donors (Lipinski definition) is 2. The third kappa shape index (κ3) is 5.31. The number of amides is 1. The first-order valence-electron chi connectivity index (χ1n) is 6.49. The van der Waals surface area contributed by atoms with E-state index in [-0.39, 0.29) is 5.91 Å². The number of hydrogen-bond acceptors (Lipinski definition) is 4. The number of rotatable bonds is 8. The molecule has 0 aromatic carbocycles. The molecule has 18 heavy (non-hydrogen) atoms. The molecule has 0 aliphatic heterocycles. The average molecular weight is 253 g/mol. The van der Waals surface area contributed by atoms with Gasteiger partial charge < -0.3 is 15.6 Å². The third-order valence-electron chi connectivity index (χ3n) is 3.18. The summed E-state index contributed by atoms with van der Waals surface area (Å²) in [5.41, 5.74) is 6.32. The Morgan fingerprint density at radius 2 is 2.28 bits per heavy atom. The van der Waals surface area contributed by atoms with Crippen LogP contribution in [0.5, 0.6) is 0 Å². The molecule has 0 spiro atoms. The van der Waals surface area contributed by atoms with Gasteiger partial charge in [-0.25, -0.2) is 0 Å². The molecule has 0 saturated heterocycles. The first-order valence-corrected chi connectivity index (χ1v) is 6.49. The van der Waals surface area contributed by atoms with Gasteiger partial charge in [0.2, 0.25) is 5.91 Å². The van der Waals surface area contributed by atoms with E-state index in [1.54, 1.807) is 6.07 Å². The molecule has 5 heteroatoms. The summed E-state index contributed by atoms with van der Waals surface area (Å²) in [4.78, 5) is 11.7. The second-order valence-electron chi connectivity index (χ2n) is 4.89. The number of nitrogens with zero attached hydrogens (tertiary/aromatic N) is 1. The molecule has 1 aromatic rings. The van der Waals surface area contributed by atoms with Gasteiger partial charge in [0, 0.05) is 12.5 Å². The lowest BCUT2D eigenvalue weighted by atomic mass is 9.88. The molecule has 0 radical (unpaired) electrons. The van der Waals surface area contributed by atoms with Crippen LogP contribution in [-0.2, 0) is 11.3 Å². The van der Waals surface area contributed by atoms with E-state index in [2.05, 4.69) is 24.3 Å². The standard InChI is InChI=1S/C13H23N3O2/c1-10(2)11(5-7-14)3-4-13(17)15-9-12-6-8-18-16-12/h6,8,10-11H,3-5,7,9,14H2,1-2H3,(H,15,17). The van der Waals surface area contributed by atoms with Crippen molar-refractivity contribution in [3.05, 3.63) is 18.0 Å². The Morgan fingerprint density at radius 1 is 1.50 bits per heavy atom. The number of carbonyl (C=O) groups is 1. The number of aromatic nitrogens is 1. The van der Waals surface area contributed by atoms with Crippen molar-refractivity contribution in [2.24, 2.45) is 17.6 Å². The van der Waals surface area contributed by atoms with Gasteiger partial charge in [-0.1, -0.05) is 19.0 Å². The molecular formula is C13H23N3O2. The summed E-state index contributed by atoms with van der Waals surface area (Å²) in [5, 5.41) is 6.56. The minimum absolute atomic E-state index is 0.0562. The molecule has 1 unspecified atom stereocenters. The van der Waals surface area contributed by atoms with Crippen LogP contribution in [0, 0.1) is 11.8 Å². The van der Waals surface area contributed by atoms with E-state index in [9.17, 15) is 4.79 Å². The summed E-state index contributed by atoms with van der Waals surface area (Å²) in [6, 6.07) is 1.74. The molecule has 1 aromatic heterocycles. The van der Waals surface area contributed by atoms with E-state index in [0.717, 1.165) is 18.5 Å². The van der Waals surface area contributed by atoms with Crippen molar-refractivity contribution >= 4 is 5.91 Å². The Kier molecular flexibility index (Phi) is 6.43. The van der Waals surface area contributed by atoms with Crippen molar-refractivity contribution in [1.82, 2.24) is 10.5 Å². The largest absolute Gasteiger partial charge is 0.364 e. The van der Waals surface area contributed by atoms with Crippen LogP contribution < -0.4 is 11.1 Å². The summed E-state index contributed by atoms with van der Waals surface area (Å²) in [6.07, 6.45) is 3.91. The van der Waals surface area contributed by atoms with Crippen LogP contribution in [0.3, 0.4) is 0 Å². The van der Waals surface area contributed by atoms with Crippen molar-refractivity contribution in [2.45, 2.75) is 39.7 Å². The van der Waals surface area contributed by atoms with Crippen molar-refractivity contribution in [3.63, 3.8) is 0 Å². The molecule has 5 nitrogen and oxygen atoms in total. The van der Waals surface area contributed by atoms with Crippen molar-refractivity contribution in [1.29, 1.82) is 0 Å². The predicted molar refractivity (Wildman–Crippen MR) is 69.6 cm³/mol. The number of carbonyl (C=O) groups excluding carboxylic acids is 1. The maximum atomic E-state index is 11.7. The van der Waals surface area contributed by atoms with E-state index in [0.29, 0.717) is 31.3 Å². The lowest BCUT2D eigenvalue weighted by Crippen LogP contribution is -2.24. The second-order valence-corrected chi connectivity index (χ2v) is 4.89. The molecule has 0 aliphatic rings. The van der Waals surface area contributed by atoms with Crippen LogP contribution in [0.1, 0.15) is 38.8 Å². The van der Waals surface area contributed by atoms with Crippen LogP contribution in [0.2, 0.25) is 0 Å². The minimum atomic E-state index is 0.0562. The van der Waals surface area contributed by atoms with Crippen LogP contribution in [0.4, 0.5) is 0 Å². The first-order chi connectivity index (χ1) is 8.63. The smallest absolute Gasteiger partial charge is 0.220 e. The van der Waals surface area contributed by atoms with Crippen LogP contribution >= 0.6 is 0 Å². The fourth-order valence-electron chi connectivity index (χ4n) is 1.95. The van der Waals surface area contributed by atoms with Crippen LogP contribution in [0.15, 0.2) is 16.9 Å². The van der Waals surface area contributed by atoms with Gasteiger partial charge in [-0.3, -0.25) is 4.79 Å². The minimum Gasteiger partial charge on any atom is -0.364 e. The molecule has 1 heterocycles. The maximum absolute atomic E-state index is 11.7. The topological polar surface area (TPSA) is 81.2 Å².